The summed E-state index contributed by atoms with van der Waals surface area (Å²) in [7, 11) is 1.72. The van der Waals surface area contributed by atoms with Crippen molar-refractivity contribution < 1.29 is 0 Å². The second-order valence-electron chi connectivity index (χ2n) is 5.96. The van der Waals surface area contributed by atoms with Gasteiger partial charge < -0.3 is 5.32 Å². The van der Waals surface area contributed by atoms with Crippen molar-refractivity contribution in [1.82, 2.24) is 15.1 Å². The molecule has 0 radical (unpaired) electrons. The number of aryl methyl sites for hydroxylation is 3. The van der Waals surface area contributed by atoms with Crippen LogP contribution in [0, 0.1) is 13.8 Å². The van der Waals surface area contributed by atoms with E-state index in [1.807, 2.05) is 6.07 Å². The molecule has 1 aromatic heterocycles. The van der Waals surface area contributed by atoms with Crippen LogP contribution in [-0.2, 0) is 13.6 Å². The van der Waals surface area contributed by atoms with Gasteiger partial charge in [-0.1, -0.05) is 17.7 Å². The number of rotatable bonds is 4. The van der Waals surface area contributed by atoms with Gasteiger partial charge in [-0.05, 0) is 44.4 Å². The fourth-order valence-corrected chi connectivity index (χ4v) is 2.48. The van der Waals surface area contributed by atoms with Crippen molar-refractivity contribution in [1.29, 1.82) is 0 Å². The summed E-state index contributed by atoms with van der Waals surface area (Å²) in [6.07, 6.45) is 2.44. The lowest BCUT2D eigenvalue weighted by Gasteiger charge is -2.11. The fraction of sp³-hybridized carbons (Fsp3) is 0.412. The molecule has 0 bridgehead atoms. The van der Waals surface area contributed by atoms with Gasteiger partial charge >= 0.3 is 0 Å². The van der Waals surface area contributed by atoms with Crippen molar-refractivity contribution in [3.8, 4) is 11.3 Å². The van der Waals surface area contributed by atoms with E-state index in [1.165, 1.54) is 28.7 Å². The van der Waals surface area contributed by atoms with E-state index in [0.717, 1.165) is 16.8 Å². The van der Waals surface area contributed by atoms with Gasteiger partial charge in [0, 0.05) is 30.8 Å². The monoisotopic (exact) mass is 283 g/mol. The van der Waals surface area contributed by atoms with Crippen LogP contribution < -0.4 is 10.9 Å². The highest BCUT2D eigenvalue weighted by Gasteiger charge is 2.21. The van der Waals surface area contributed by atoms with E-state index in [4.69, 9.17) is 0 Å². The third-order valence-corrected chi connectivity index (χ3v) is 3.96. The summed E-state index contributed by atoms with van der Waals surface area (Å²) in [6, 6.07) is 8.84. The summed E-state index contributed by atoms with van der Waals surface area (Å²) in [4.78, 5) is 12.2. The average Bonchev–Trinajstić information content (AvgIpc) is 3.27. The van der Waals surface area contributed by atoms with Crippen molar-refractivity contribution in [2.24, 2.45) is 7.05 Å². The largest absolute Gasteiger partial charge is 0.310 e. The lowest BCUT2D eigenvalue weighted by atomic mass is 10.0. The molecule has 1 N–H and O–H groups in total. The minimum absolute atomic E-state index is 0.0165. The fourth-order valence-electron chi connectivity index (χ4n) is 2.48. The van der Waals surface area contributed by atoms with Gasteiger partial charge in [-0.3, -0.25) is 4.79 Å². The standard InChI is InChI=1S/C17H21N3O/c1-11-4-5-12(2)15(8-11)16-9-13(10-18-14-6-7-14)17(21)20(3)19-16/h4-5,8-9,14,18H,6-7,10H2,1-3H3. The predicted octanol–water partition coefficient (Wildman–Crippen LogP) is 2.32. The molecule has 0 amide bonds. The molecule has 0 spiro atoms. The Kier molecular flexibility index (Phi) is 3.64. The quantitative estimate of drug-likeness (QED) is 0.936. The molecule has 0 atom stereocenters. The van der Waals surface area contributed by atoms with E-state index in [0.29, 0.717) is 12.6 Å². The highest BCUT2D eigenvalue weighted by atomic mass is 16.1. The molecule has 21 heavy (non-hydrogen) atoms. The number of benzene rings is 1. The molecule has 0 unspecified atom stereocenters. The van der Waals surface area contributed by atoms with Crippen molar-refractivity contribution in [2.45, 2.75) is 39.3 Å². The minimum atomic E-state index is -0.0165. The maximum atomic E-state index is 12.2. The van der Waals surface area contributed by atoms with Gasteiger partial charge in [-0.15, -0.1) is 0 Å². The summed E-state index contributed by atoms with van der Waals surface area (Å²) in [5.41, 5.74) is 5.11. The zero-order chi connectivity index (χ0) is 15.0. The Labute approximate surface area is 124 Å². The van der Waals surface area contributed by atoms with E-state index in [-0.39, 0.29) is 5.56 Å². The smallest absolute Gasteiger partial charge is 0.271 e. The first-order valence-electron chi connectivity index (χ1n) is 7.43. The third-order valence-electron chi connectivity index (χ3n) is 3.96. The number of hydrogen-bond donors (Lipinski definition) is 1. The van der Waals surface area contributed by atoms with Crippen molar-refractivity contribution in [3.63, 3.8) is 0 Å². The third kappa shape index (κ3) is 3.05. The molecule has 1 aliphatic carbocycles. The predicted molar refractivity (Wildman–Crippen MR) is 84.2 cm³/mol. The number of nitrogens with zero attached hydrogens (tertiary/aromatic N) is 2. The maximum absolute atomic E-state index is 12.2. The first-order chi connectivity index (χ1) is 10.0. The van der Waals surface area contributed by atoms with Gasteiger partial charge in [0.1, 0.15) is 0 Å². The van der Waals surface area contributed by atoms with Gasteiger partial charge in [0.05, 0.1) is 5.69 Å². The van der Waals surface area contributed by atoms with E-state index in [2.05, 4.69) is 42.5 Å². The summed E-state index contributed by atoms with van der Waals surface area (Å²) >= 11 is 0. The van der Waals surface area contributed by atoms with Gasteiger partial charge in [0.15, 0.2) is 0 Å². The molecule has 1 fully saturated rings. The molecule has 2 aromatic rings. The van der Waals surface area contributed by atoms with E-state index in [1.54, 1.807) is 7.05 Å². The maximum Gasteiger partial charge on any atom is 0.271 e. The van der Waals surface area contributed by atoms with Gasteiger partial charge in [0.2, 0.25) is 0 Å². The highest BCUT2D eigenvalue weighted by molar-refractivity contribution is 5.64. The van der Waals surface area contributed by atoms with Crippen LogP contribution in [0.15, 0.2) is 29.1 Å². The Hall–Kier alpha value is -1.94. The first kappa shape index (κ1) is 14.0. The van der Waals surface area contributed by atoms with Gasteiger partial charge in [-0.2, -0.15) is 5.10 Å². The Bertz CT molecular complexity index is 729. The average molecular weight is 283 g/mol. The lowest BCUT2D eigenvalue weighted by molar-refractivity contribution is 0.648. The van der Waals surface area contributed by atoms with Crippen LogP contribution in [-0.4, -0.2) is 15.8 Å². The van der Waals surface area contributed by atoms with E-state index < -0.39 is 0 Å². The molecular weight excluding hydrogens is 262 g/mol. The zero-order valence-corrected chi connectivity index (χ0v) is 12.8. The molecule has 0 aliphatic heterocycles. The van der Waals surface area contributed by atoms with Gasteiger partial charge in [-0.25, -0.2) is 4.68 Å². The second-order valence-corrected chi connectivity index (χ2v) is 5.96. The molecular formula is C17H21N3O. The Balaban J connectivity index is 2.01. The molecule has 4 nitrogen and oxygen atoms in total. The summed E-state index contributed by atoms with van der Waals surface area (Å²) in [5.74, 6) is 0. The first-order valence-corrected chi connectivity index (χ1v) is 7.43. The van der Waals surface area contributed by atoms with Crippen LogP contribution in [0.25, 0.3) is 11.3 Å². The molecule has 110 valence electrons. The van der Waals surface area contributed by atoms with Crippen molar-refractivity contribution in [3.05, 3.63) is 51.3 Å². The summed E-state index contributed by atoms with van der Waals surface area (Å²) in [6.45, 7) is 4.77. The van der Waals surface area contributed by atoms with Crippen molar-refractivity contribution in [2.75, 3.05) is 0 Å². The molecule has 1 aromatic carbocycles. The molecule has 4 heteroatoms. The SMILES string of the molecule is Cc1ccc(C)c(-c2cc(CNC3CC3)c(=O)n(C)n2)c1. The Morgan fingerprint density at radius 2 is 2.05 bits per heavy atom. The lowest BCUT2D eigenvalue weighted by Crippen LogP contribution is -2.28. The van der Waals surface area contributed by atoms with Gasteiger partial charge in [0.25, 0.3) is 5.56 Å². The second kappa shape index (κ2) is 5.45. The Morgan fingerprint density at radius 3 is 2.76 bits per heavy atom. The van der Waals surface area contributed by atoms with Crippen molar-refractivity contribution >= 4 is 0 Å². The molecule has 1 saturated carbocycles. The summed E-state index contributed by atoms with van der Waals surface area (Å²) < 4.78 is 1.45. The topological polar surface area (TPSA) is 46.9 Å². The molecule has 1 aliphatic rings. The van der Waals surface area contributed by atoms with Crippen LogP contribution in [0.3, 0.4) is 0 Å². The molecule has 0 saturated heterocycles. The van der Waals surface area contributed by atoms with Crippen LogP contribution in [0.2, 0.25) is 0 Å². The summed E-state index contributed by atoms with van der Waals surface area (Å²) in [5, 5.41) is 7.83. The normalized spacial score (nSPS) is 14.4. The van der Waals surface area contributed by atoms with Crippen LogP contribution in [0.1, 0.15) is 29.5 Å². The minimum Gasteiger partial charge on any atom is -0.310 e. The van der Waals surface area contributed by atoms with Crippen LogP contribution in [0.4, 0.5) is 0 Å². The number of nitrogens with one attached hydrogen (secondary N) is 1. The number of aromatic nitrogens is 2. The zero-order valence-electron chi connectivity index (χ0n) is 12.8. The van der Waals surface area contributed by atoms with Crippen LogP contribution in [0.5, 0.6) is 0 Å². The van der Waals surface area contributed by atoms with E-state index >= 15 is 0 Å². The van der Waals surface area contributed by atoms with Crippen LogP contribution >= 0.6 is 0 Å². The number of hydrogen-bond acceptors (Lipinski definition) is 3. The molecule has 3 rings (SSSR count). The Morgan fingerprint density at radius 1 is 1.29 bits per heavy atom. The highest BCUT2D eigenvalue weighted by Crippen LogP contribution is 2.23. The molecule has 1 heterocycles. The van der Waals surface area contributed by atoms with E-state index in [9.17, 15) is 4.79 Å².